The third-order valence-corrected chi connectivity index (χ3v) is 26.2. The molecule has 0 amide bonds. The second-order valence-electron chi connectivity index (χ2n) is 34.8. The summed E-state index contributed by atoms with van der Waals surface area (Å²) in [6.45, 7) is 0. The van der Waals surface area contributed by atoms with E-state index in [2.05, 4.69) is 378 Å². The van der Waals surface area contributed by atoms with E-state index in [0.717, 1.165) is 211 Å². The molecule has 0 radical (unpaired) electrons. The number of pyridine rings is 3. The maximum absolute atomic E-state index is 5.24. The van der Waals surface area contributed by atoms with Crippen LogP contribution in [-0.2, 0) is 0 Å². The van der Waals surface area contributed by atoms with Gasteiger partial charge in [-0.05, 0) is 84.9 Å². The lowest BCUT2D eigenvalue weighted by atomic mass is 10.0. The molecule has 0 spiro atoms. The van der Waals surface area contributed by atoms with Crippen LogP contribution in [0.5, 0.6) is 0 Å². The monoisotopic (exact) mass is 1800 g/mol. The molecule has 18 aromatic carbocycles. The van der Waals surface area contributed by atoms with Crippen molar-refractivity contribution in [1.82, 2.24) is 63.5 Å². The molecule has 0 saturated heterocycles. The number of hydrogen-bond donors (Lipinski definition) is 0. The predicted molar refractivity (Wildman–Crippen MR) is 578 cm³/mol. The second kappa shape index (κ2) is 36.5. The fraction of sp³-hybridized carbons (Fsp3) is 0. The fourth-order valence-corrected chi connectivity index (χ4v) is 19.7. The first-order valence-electron chi connectivity index (χ1n) is 47.3. The summed E-state index contributed by atoms with van der Waals surface area (Å²) in [5.74, 6) is 3.29. The van der Waals surface area contributed by atoms with Crippen LogP contribution in [0, 0.1) is 0 Å². The molecule has 0 aliphatic heterocycles. The molecular weight excluding hydrogens is 1720 g/mol. The summed E-state index contributed by atoms with van der Waals surface area (Å²) in [5, 5.41) is 10.2. The van der Waals surface area contributed by atoms with Gasteiger partial charge in [0.05, 0.1) is 89.5 Å². The Hall–Kier alpha value is -19.2. The van der Waals surface area contributed by atoms with Crippen molar-refractivity contribution in [2.45, 2.75) is 0 Å². The highest BCUT2D eigenvalue weighted by Gasteiger charge is 2.27. The number of aromatic nitrogens is 13. The van der Waals surface area contributed by atoms with Crippen LogP contribution in [0.4, 0.5) is 0 Å². The predicted octanol–water partition coefficient (Wildman–Crippen LogP) is 31.8. The van der Waals surface area contributed by atoms with E-state index in [0.29, 0.717) is 29.1 Å². The standard InChI is InChI=1S/2C43H28N4.C42H27N5/c1-4-15-29(16-5-1)37-28-38(46-43(45-37)31-19-8-3-9-20-31)32-21-14-22-33(27-32)47-39-26-13-11-24-35(39)40-41(30-17-6-2-7-18-30)44-36-25-12-10-23-34(36)42(40)47;1-4-15-29(16-5-1)37-28-38(30-17-6-2-7-18-30)46-43(45-37)32-21-14-22-33(27-32)47-39-26-13-11-24-35(39)40-41(31-19-8-3-9-20-31)44-36-25-12-10-23-34(36)42(40)47;1-4-15-28(16-5-1)38-37-34-24-11-13-26-36(34)47(39(37)33-23-10-12-25-35(33)43-38)32-22-14-21-31(27-32)42-45-40(29-17-6-2-7-18-29)44-41(46-42)30-19-8-3-9-20-30/h2*1-28H;1-27H. The van der Waals surface area contributed by atoms with Gasteiger partial charge >= 0.3 is 0 Å². The highest BCUT2D eigenvalue weighted by molar-refractivity contribution is 6.25. The Balaban J connectivity index is 0.000000111. The van der Waals surface area contributed by atoms with E-state index in [-0.39, 0.29) is 0 Å². The van der Waals surface area contributed by atoms with Crippen molar-refractivity contribution < 1.29 is 0 Å². The van der Waals surface area contributed by atoms with E-state index >= 15 is 0 Å². The lowest BCUT2D eigenvalue weighted by Gasteiger charge is -2.14. The van der Waals surface area contributed by atoms with E-state index in [4.69, 9.17) is 49.8 Å². The van der Waals surface area contributed by atoms with E-state index < -0.39 is 0 Å². The van der Waals surface area contributed by atoms with Gasteiger partial charge in [-0.3, -0.25) is 0 Å². The highest BCUT2D eigenvalue weighted by Crippen LogP contribution is 2.47. The molecule has 27 aromatic rings. The summed E-state index contributed by atoms with van der Waals surface area (Å²) in [6, 6.07) is 174. The first-order chi connectivity index (χ1) is 69.9. The normalized spacial score (nSPS) is 11.4. The van der Waals surface area contributed by atoms with Gasteiger partial charge < -0.3 is 13.7 Å². The molecule has 0 N–H and O–H groups in total. The Morgan fingerprint density at radius 3 is 0.638 bits per heavy atom. The molecule has 9 heterocycles. The Kier molecular flexibility index (Phi) is 21.6. The van der Waals surface area contributed by atoms with Gasteiger partial charge in [-0.15, -0.1) is 0 Å². The molecule has 0 aliphatic carbocycles. The fourth-order valence-electron chi connectivity index (χ4n) is 19.7. The van der Waals surface area contributed by atoms with Gasteiger partial charge in [-0.25, -0.2) is 49.8 Å². The largest absolute Gasteiger partial charge is 0.308 e. The van der Waals surface area contributed by atoms with Gasteiger partial charge in [0.15, 0.2) is 29.1 Å². The minimum Gasteiger partial charge on any atom is -0.308 e. The van der Waals surface area contributed by atoms with Gasteiger partial charge in [0, 0.05) is 132 Å². The maximum Gasteiger partial charge on any atom is 0.164 e. The van der Waals surface area contributed by atoms with Gasteiger partial charge in [-0.1, -0.05) is 419 Å². The Morgan fingerprint density at radius 1 is 0.135 bits per heavy atom. The number of rotatable bonds is 15. The smallest absolute Gasteiger partial charge is 0.164 e. The summed E-state index contributed by atoms with van der Waals surface area (Å²) in [4.78, 5) is 51.0. The molecule has 27 rings (SSSR count). The molecule has 0 bridgehead atoms. The van der Waals surface area contributed by atoms with Crippen molar-refractivity contribution in [3.8, 4) is 153 Å². The molecule has 0 fully saturated rings. The summed E-state index contributed by atoms with van der Waals surface area (Å²) in [7, 11) is 0. The Morgan fingerprint density at radius 2 is 0.340 bits per heavy atom. The van der Waals surface area contributed by atoms with Crippen LogP contribution >= 0.6 is 0 Å². The van der Waals surface area contributed by atoms with Crippen molar-refractivity contribution in [2.24, 2.45) is 0 Å². The third-order valence-electron chi connectivity index (χ3n) is 26.2. The molecule has 141 heavy (non-hydrogen) atoms. The van der Waals surface area contributed by atoms with E-state index in [1.165, 1.54) is 10.8 Å². The summed E-state index contributed by atoms with van der Waals surface area (Å²) in [5.41, 5.74) is 31.5. The lowest BCUT2D eigenvalue weighted by Crippen LogP contribution is -2.01. The SMILES string of the molecule is c1ccc(-c2cc(-c3cccc(-n4c5ccccc5c5c(-c6ccccc6)nc6ccccc6c54)c3)nc(-c3ccccc3)n2)cc1.c1ccc(-c2cc(-c3ccccc3)nc(-c3cccc(-n4c5ccccc5c5c(-c6ccccc6)nc6ccccc6c54)c3)n2)cc1.c1ccc(-c2nc(-c3ccccc3)nc(-c3cccc(-n4c5ccccc5c5c(-c6ccccc6)nc6ccccc6c54)c3)n2)cc1. The lowest BCUT2D eigenvalue weighted by molar-refractivity contribution is 1.07. The topological polar surface area (TPSA) is 144 Å². The van der Waals surface area contributed by atoms with Crippen LogP contribution in [0.1, 0.15) is 0 Å². The molecule has 13 nitrogen and oxygen atoms in total. The van der Waals surface area contributed by atoms with Crippen molar-refractivity contribution in [3.63, 3.8) is 0 Å². The summed E-state index contributed by atoms with van der Waals surface area (Å²) in [6.07, 6.45) is 0. The number of para-hydroxylation sites is 6. The second-order valence-corrected chi connectivity index (χ2v) is 34.8. The van der Waals surface area contributed by atoms with E-state index in [1.54, 1.807) is 0 Å². The number of nitrogens with zero attached hydrogens (tertiary/aromatic N) is 13. The maximum atomic E-state index is 5.24. The van der Waals surface area contributed by atoms with Crippen LogP contribution in [0.25, 0.3) is 251 Å². The summed E-state index contributed by atoms with van der Waals surface area (Å²) >= 11 is 0. The number of hydrogen-bond acceptors (Lipinski definition) is 10. The summed E-state index contributed by atoms with van der Waals surface area (Å²) < 4.78 is 7.13. The zero-order valence-corrected chi connectivity index (χ0v) is 76.2. The van der Waals surface area contributed by atoms with E-state index in [1.807, 2.05) is 140 Å². The molecule has 0 aliphatic rings. The van der Waals surface area contributed by atoms with Crippen LogP contribution in [-0.4, -0.2) is 63.5 Å². The van der Waals surface area contributed by atoms with Crippen molar-refractivity contribution in [3.05, 3.63) is 504 Å². The minimum atomic E-state index is 0.622. The van der Waals surface area contributed by atoms with Crippen molar-refractivity contribution >= 4 is 98.1 Å². The Labute approximate surface area is 812 Å². The van der Waals surface area contributed by atoms with Gasteiger partial charge in [0.25, 0.3) is 0 Å². The van der Waals surface area contributed by atoms with Gasteiger partial charge in [0.1, 0.15) is 0 Å². The molecule has 13 heteroatoms. The minimum absolute atomic E-state index is 0.622. The molecule has 0 saturated carbocycles. The zero-order chi connectivity index (χ0) is 93.5. The number of fused-ring (bicyclic) bond motifs is 15. The van der Waals surface area contributed by atoms with E-state index in [9.17, 15) is 0 Å². The highest BCUT2D eigenvalue weighted by atomic mass is 15.0. The van der Waals surface area contributed by atoms with Gasteiger partial charge in [-0.2, -0.15) is 0 Å². The molecule has 9 aromatic heterocycles. The Bertz CT molecular complexity index is 8360. The van der Waals surface area contributed by atoms with Crippen molar-refractivity contribution in [2.75, 3.05) is 0 Å². The van der Waals surface area contributed by atoms with Crippen LogP contribution < -0.4 is 0 Å². The van der Waals surface area contributed by atoms with Crippen molar-refractivity contribution in [1.29, 1.82) is 0 Å². The molecule has 0 unspecified atom stereocenters. The average molecular weight is 1800 g/mol. The molecular formula is C128H83N13. The molecule has 660 valence electrons. The zero-order valence-electron chi connectivity index (χ0n) is 76.2. The third kappa shape index (κ3) is 15.8. The quantitative estimate of drug-likeness (QED) is 0.0973. The molecule has 0 atom stereocenters. The average Bonchev–Trinajstić information content (AvgIpc) is 1.56. The van der Waals surface area contributed by atoms with Crippen LogP contribution in [0.3, 0.4) is 0 Å². The number of benzene rings is 18. The van der Waals surface area contributed by atoms with Crippen LogP contribution in [0.2, 0.25) is 0 Å². The van der Waals surface area contributed by atoms with Crippen LogP contribution in [0.15, 0.2) is 504 Å². The first-order valence-corrected chi connectivity index (χ1v) is 47.3. The van der Waals surface area contributed by atoms with Gasteiger partial charge in [0.2, 0.25) is 0 Å². The first kappa shape index (κ1) is 83.6.